The van der Waals surface area contributed by atoms with E-state index in [2.05, 4.69) is 18.7 Å². The molecule has 4 aliphatic rings. The van der Waals surface area contributed by atoms with Gasteiger partial charge in [0.25, 0.3) is 0 Å². The summed E-state index contributed by atoms with van der Waals surface area (Å²) in [6.07, 6.45) is 2.28. The van der Waals surface area contributed by atoms with E-state index in [0.717, 1.165) is 65.2 Å². The summed E-state index contributed by atoms with van der Waals surface area (Å²) in [5.74, 6) is 0. The van der Waals surface area contributed by atoms with Crippen LogP contribution in [0.25, 0.3) is 0 Å². The van der Waals surface area contributed by atoms with Gasteiger partial charge in [-0.15, -0.1) is 0 Å². The van der Waals surface area contributed by atoms with Crippen molar-refractivity contribution in [2.75, 3.05) is 52.4 Å². The van der Waals surface area contributed by atoms with Gasteiger partial charge in [0.15, 0.2) is 0 Å². The van der Waals surface area contributed by atoms with Gasteiger partial charge in [-0.2, -0.15) is 0 Å². The van der Waals surface area contributed by atoms with E-state index in [4.69, 9.17) is 0 Å². The number of nitrogens with zero attached hydrogens (tertiary/aromatic N) is 4. The first-order valence-electron chi connectivity index (χ1n) is 6.50. The molecule has 4 nitrogen and oxygen atoms in total. The molecule has 0 aliphatic carbocycles. The molecule has 16 heavy (non-hydrogen) atoms. The van der Waals surface area contributed by atoms with E-state index in [-0.39, 0.29) is 0 Å². The van der Waals surface area contributed by atoms with Crippen molar-refractivity contribution < 1.29 is 4.20 Å². The van der Waals surface area contributed by atoms with Crippen LogP contribution in [-0.2, 0) is 0 Å². The summed E-state index contributed by atoms with van der Waals surface area (Å²) in [6, 6.07) is 0. The van der Waals surface area contributed by atoms with E-state index in [0.29, 0.717) is 0 Å². The van der Waals surface area contributed by atoms with Crippen molar-refractivity contribution in [1.82, 2.24) is 18.7 Å². The third-order valence-electron chi connectivity index (χ3n) is 4.84. The van der Waals surface area contributed by atoms with E-state index in [1.54, 1.807) is 0 Å². The molecule has 0 unspecified atom stereocenters. The molecule has 0 bridgehead atoms. The Morgan fingerprint density at radius 3 is 1.19 bits per heavy atom. The van der Waals surface area contributed by atoms with E-state index in [9.17, 15) is 0 Å². The molecule has 4 aliphatic heterocycles. The molecule has 4 saturated heterocycles. The van der Waals surface area contributed by atoms with Crippen LogP contribution in [-0.4, -0.2) is 71.0 Å². The molecule has 0 radical (unpaired) electrons. The van der Waals surface area contributed by atoms with Gasteiger partial charge in [-0.05, 0) is 0 Å². The zero-order valence-corrected chi connectivity index (χ0v) is 10.6. The first kappa shape index (κ1) is 10.2. The number of rotatable bonds is 0. The molecule has 0 aromatic rings. The van der Waals surface area contributed by atoms with Gasteiger partial charge in [0, 0.05) is 0 Å². The predicted molar refractivity (Wildman–Crippen MR) is 63.6 cm³/mol. The monoisotopic (exact) mass is 246 g/mol. The second-order valence-electron chi connectivity index (χ2n) is 5.36. The van der Waals surface area contributed by atoms with Crippen LogP contribution in [0, 0.1) is 0 Å². The zero-order valence-electron chi connectivity index (χ0n) is 9.69. The van der Waals surface area contributed by atoms with Crippen LogP contribution in [0.2, 0.25) is 0 Å². The van der Waals surface area contributed by atoms with Crippen LogP contribution < -0.4 is 0 Å². The molecule has 0 N–H and O–H groups in total. The van der Waals surface area contributed by atoms with Crippen LogP contribution in [0.4, 0.5) is 4.20 Å². The van der Waals surface area contributed by atoms with Crippen molar-refractivity contribution in [3.8, 4) is 0 Å². The van der Waals surface area contributed by atoms with Gasteiger partial charge in [0.1, 0.15) is 0 Å². The van der Waals surface area contributed by atoms with Gasteiger partial charge < -0.3 is 0 Å². The Kier molecular flexibility index (Phi) is 1.88. The fourth-order valence-corrected chi connectivity index (χ4v) is 10.1. The second-order valence-corrected chi connectivity index (χ2v) is 9.30. The minimum absolute atomic E-state index is 0.946. The van der Waals surface area contributed by atoms with Crippen molar-refractivity contribution in [2.24, 2.45) is 0 Å². The maximum atomic E-state index is 16.3. The van der Waals surface area contributed by atoms with Crippen molar-refractivity contribution in [1.29, 1.82) is 0 Å². The molecule has 6 heteroatoms. The maximum absolute atomic E-state index is 16.3. The van der Waals surface area contributed by atoms with Crippen molar-refractivity contribution >= 4 is 7.52 Å². The van der Waals surface area contributed by atoms with E-state index < -0.39 is 7.52 Å². The number of halogens is 1. The van der Waals surface area contributed by atoms with Crippen LogP contribution >= 0.6 is 7.52 Å². The van der Waals surface area contributed by atoms with E-state index in [1.807, 2.05) is 0 Å². The summed E-state index contributed by atoms with van der Waals surface area (Å²) >= 11 is 0. The first-order chi connectivity index (χ1) is 7.75. The Bertz CT molecular complexity index is 277. The number of hydrogen-bond acceptors (Lipinski definition) is 4. The molecule has 0 saturated carbocycles. The fourth-order valence-electron chi connectivity index (χ4n) is 4.23. The summed E-state index contributed by atoms with van der Waals surface area (Å²) in [4.78, 5) is 0. The molecule has 4 heterocycles. The molecule has 1 spiro atoms. The van der Waals surface area contributed by atoms with E-state index >= 15 is 4.20 Å². The Morgan fingerprint density at radius 2 is 0.875 bits per heavy atom. The molecule has 0 atom stereocenters. The summed E-state index contributed by atoms with van der Waals surface area (Å²) in [5, 5.41) is 0. The molecule has 0 amide bonds. The summed E-state index contributed by atoms with van der Waals surface area (Å²) in [5.41, 5.74) is 0. The van der Waals surface area contributed by atoms with Crippen molar-refractivity contribution in [3.05, 3.63) is 0 Å². The van der Waals surface area contributed by atoms with Gasteiger partial charge in [0.05, 0.1) is 0 Å². The minimum atomic E-state index is -3.42. The second kappa shape index (κ2) is 2.96. The van der Waals surface area contributed by atoms with Crippen LogP contribution in [0.1, 0.15) is 12.8 Å². The normalized spacial score (nSPS) is 41.2. The van der Waals surface area contributed by atoms with E-state index in [1.165, 1.54) is 0 Å². The van der Waals surface area contributed by atoms with Gasteiger partial charge in [-0.3, -0.25) is 0 Å². The van der Waals surface area contributed by atoms with Gasteiger partial charge in [0.2, 0.25) is 0 Å². The topological polar surface area (TPSA) is 13.0 Å². The van der Waals surface area contributed by atoms with Gasteiger partial charge in [-0.1, -0.05) is 0 Å². The molecule has 92 valence electrons. The summed E-state index contributed by atoms with van der Waals surface area (Å²) in [7, 11) is -3.42. The van der Waals surface area contributed by atoms with Gasteiger partial charge in [-0.25, -0.2) is 0 Å². The Hall–Kier alpha value is 0.200. The fraction of sp³-hybridized carbons (Fsp3) is 1.00. The van der Waals surface area contributed by atoms with Gasteiger partial charge >= 0.3 is 95.6 Å². The molecule has 4 fully saturated rings. The summed E-state index contributed by atoms with van der Waals surface area (Å²) < 4.78 is 25.1. The van der Waals surface area contributed by atoms with Crippen molar-refractivity contribution in [3.63, 3.8) is 0 Å². The molecule has 0 aromatic carbocycles. The molecular formula is C10H20FN4P. The Balaban J connectivity index is 1.90. The standard InChI is InChI=1S/C10H20FN4P/c11-16-12-3-1-4-13(16)8-10-15(16)6-2-5-14(16)9-7-12/h1-10H2. The average Bonchev–Trinajstić information content (AvgIpc) is 2.77. The van der Waals surface area contributed by atoms with Crippen molar-refractivity contribution in [2.45, 2.75) is 12.8 Å². The zero-order chi connectivity index (χ0) is 10.8. The predicted octanol–water partition coefficient (Wildman–Crippen LogP) is 1.13. The number of hydrogen-bond donors (Lipinski definition) is 0. The third-order valence-corrected chi connectivity index (χ3v) is 10.3. The third kappa shape index (κ3) is 0.842. The molecule has 4 rings (SSSR count). The molecular weight excluding hydrogens is 226 g/mol. The molecule has 0 aromatic heterocycles. The Morgan fingerprint density at radius 1 is 0.562 bits per heavy atom. The average molecular weight is 246 g/mol. The quantitative estimate of drug-likeness (QED) is 0.594. The van der Waals surface area contributed by atoms with Crippen LogP contribution in [0.5, 0.6) is 0 Å². The SMILES string of the molecule is FP123N4CCCN1CCN2CCCN3CC4. The summed E-state index contributed by atoms with van der Waals surface area (Å²) in [6.45, 7) is 7.66. The van der Waals surface area contributed by atoms with Crippen LogP contribution in [0.15, 0.2) is 0 Å². The first-order valence-corrected chi connectivity index (χ1v) is 8.44. The van der Waals surface area contributed by atoms with Crippen LogP contribution in [0.3, 0.4) is 0 Å². The Labute approximate surface area is 96.2 Å².